The summed E-state index contributed by atoms with van der Waals surface area (Å²) in [7, 11) is 0. The predicted molar refractivity (Wildman–Crippen MR) is 80.4 cm³/mol. The standard InChI is InChI=1S/C14H20N4OS/c15-11-6-16-18(7-11)9-13(19)8-17(12-3-4-12)10-14-2-1-5-20-14/h1-2,5-7,12-13,19H,3-4,8-10,15H2. The lowest BCUT2D eigenvalue weighted by atomic mass is 10.3. The van der Waals surface area contributed by atoms with E-state index >= 15 is 0 Å². The molecule has 0 aliphatic heterocycles. The molecule has 1 atom stereocenters. The molecule has 0 saturated heterocycles. The molecule has 5 nitrogen and oxygen atoms in total. The van der Waals surface area contributed by atoms with Gasteiger partial charge in [0, 0.05) is 30.2 Å². The van der Waals surface area contributed by atoms with Gasteiger partial charge in [0.25, 0.3) is 0 Å². The molecule has 2 aromatic rings. The van der Waals surface area contributed by atoms with Crippen molar-refractivity contribution in [3.8, 4) is 0 Å². The number of aliphatic hydroxyl groups excluding tert-OH is 1. The van der Waals surface area contributed by atoms with Crippen LogP contribution in [0.3, 0.4) is 0 Å². The van der Waals surface area contributed by atoms with E-state index in [4.69, 9.17) is 5.73 Å². The van der Waals surface area contributed by atoms with Crippen LogP contribution in [0, 0.1) is 0 Å². The minimum absolute atomic E-state index is 0.421. The minimum atomic E-state index is -0.421. The number of thiophene rings is 1. The van der Waals surface area contributed by atoms with Crippen LogP contribution in [-0.2, 0) is 13.1 Å². The Hall–Kier alpha value is -1.37. The summed E-state index contributed by atoms with van der Waals surface area (Å²) in [6.07, 6.45) is 5.43. The van der Waals surface area contributed by atoms with Crippen LogP contribution >= 0.6 is 11.3 Å². The van der Waals surface area contributed by atoms with Gasteiger partial charge < -0.3 is 10.8 Å². The van der Waals surface area contributed by atoms with E-state index in [1.807, 2.05) is 0 Å². The van der Waals surface area contributed by atoms with Crippen molar-refractivity contribution < 1.29 is 5.11 Å². The topological polar surface area (TPSA) is 67.3 Å². The molecular weight excluding hydrogens is 272 g/mol. The Morgan fingerprint density at radius 1 is 1.55 bits per heavy atom. The average molecular weight is 292 g/mol. The molecule has 1 unspecified atom stereocenters. The van der Waals surface area contributed by atoms with Crippen molar-refractivity contribution in [2.24, 2.45) is 0 Å². The molecular formula is C14H20N4OS. The van der Waals surface area contributed by atoms with Crippen molar-refractivity contribution in [1.29, 1.82) is 0 Å². The largest absolute Gasteiger partial charge is 0.396 e. The molecule has 1 fully saturated rings. The van der Waals surface area contributed by atoms with Crippen molar-refractivity contribution >= 4 is 17.0 Å². The second-order valence-electron chi connectivity index (χ2n) is 5.39. The van der Waals surface area contributed by atoms with Crippen molar-refractivity contribution in [3.05, 3.63) is 34.8 Å². The Bertz CT molecular complexity index is 535. The zero-order valence-corrected chi connectivity index (χ0v) is 12.2. The van der Waals surface area contributed by atoms with E-state index in [0.29, 0.717) is 24.8 Å². The molecule has 0 spiro atoms. The maximum atomic E-state index is 10.2. The molecule has 108 valence electrons. The number of hydrogen-bond donors (Lipinski definition) is 2. The fraction of sp³-hybridized carbons (Fsp3) is 0.500. The van der Waals surface area contributed by atoms with Crippen LogP contribution in [0.2, 0.25) is 0 Å². The van der Waals surface area contributed by atoms with Crippen LogP contribution in [0.15, 0.2) is 29.9 Å². The number of anilines is 1. The third-order valence-electron chi connectivity index (χ3n) is 3.50. The second-order valence-corrected chi connectivity index (χ2v) is 6.42. The summed E-state index contributed by atoms with van der Waals surface area (Å²) in [6, 6.07) is 4.86. The van der Waals surface area contributed by atoms with E-state index in [9.17, 15) is 5.11 Å². The third kappa shape index (κ3) is 3.59. The molecule has 3 rings (SSSR count). The van der Waals surface area contributed by atoms with Gasteiger partial charge >= 0.3 is 0 Å². The van der Waals surface area contributed by atoms with Crippen LogP contribution in [0.5, 0.6) is 0 Å². The number of nitrogen functional groups attached to an aromatic ring is 1. The molecule has 0 bridgehead atoms. The average Bonchev–Trinajstić information content (AvgIpc) is 2.99. The molecule has 3 N–H and O–H groups in total. The first kappa shape index (κ1) is 13.6. The first-order valence-corrected chi connectivity index (χ1v) is 7.81. The van der Waals surface area contributed by atoms with Gasteiger partial charge in [0.15, 0.2) is 0 Å². The number of rotatable bonds is 7. The fourth-order valence-corrected chi connectivity index (χ4v) is 3.14. The molecule has 1 saturated carbocycles. The Morgan fingerprint density at radius 3 is 3.00 bits per heavy atom. The van der Waals surface area contributed by atoms with Crippen LogP contribution in [-0.4, -0.2) is 38.5 Å². The third-order valence-corrected chi connectivity index (χ3v) is 4.36. The molecule has 20 heavy (non-hydrogen) atoms. The second kappa shape index (κ2) is 5.95. The summed E-state index contributed by atoms with van der Waals surface area (Å²) in [5.74, 6) is 0. The summed E-state index contributed by atoms with van der Waals surface area (Å²) in [5.41, 5.74) is 6.26. The molecule has 1 aliphatic carbocycles. The van der Waals surface area contributed by atoms with E-state index in [0.717, 1.165) is 6.54 Å². The predicted octanol–water partition coefficient (Wildman–Crippen LogP) is 1.55. The van der Waals surface area contributed by atoms with Crippen molar-refractivity contribution in [2.45, 2.75) is 38.1 Å². The number of hydrogen-bond acceptors (Lipinski definition) is 5. The maximum Gasteiger partial charge on any atom is 0.0862 e. The van der Waals surface area contributed by atoms with E-state index in [-0.39, 0.29) is 0 Å². The van der Waals surface area contributed by atoms with Crippen LogP contribution in [0.4, 0.5) is 5.69 Å². The van der Waals surface area contributed by atoms with Gasteiger partial charge in [0.2, 0.25) is 0 Å². The van der Waals surface area contributed by atoms with Gasteiger partial charge in [-0.25, -0.2) is 0 Å². The highest BCUT2D eigenvalue weighted by molar-refractivity contribution is 7.09. The summed E-state index contributed by atoms with van der Waals surface area (Å²) in [6.45, 7) is 2.10. The first-order chi connectivity index (χ1) is 9.70. The summed E-state index contributed by atoms with van der Waals surface area (Å²) >= 11 is 1.77. The lowest BCUT2D eigenvalue weighted by Gasteiger charge is -2.24. The highest BCUT2D eigenvalue weighted by Gasteiger charge is 2.30. The van der Waals surface area contributed by atoms with Crippen LogP contribution < -0.4 is 5.73 Å². The van der Waals surface area contributed by atoms with Crippen molar-refractivity contribution in [1.82, 2.24) is 14.7 Å². The highest BCUT2D eigenvalue weighted by atomic mass is 32.1. The Balaban J connectivity index is 1.55. The Morgan fingerprint density at radius 2 is 2.40 bits per heavy atom. The Labute approximate surface area is 122 Å². The van der Waals surface area contributed by atoms with Crippen LogP contribution in [0.25, 0.3) is 0 Å². The van der Waals surface area contributed by atoms with Gasteiger partial charge in [-0.1, -0.05) is 6.07 Å². The summed E-state index contributed by atoms with van der Waals surface area (Å²) < 4.78 is 1.70. The quantitative estimate of drug-likeness (QED) is 0.812. The van der Waals surface area contributed by atoms with Gasteiger partial charge in [0.1, 0.15) is 0 Å². The van der Waals surface area contributed by atoms with Gasteiger partial charge in [0.05, 0.1) is 24.5 Å². The SMILES string of the molecule is Nc1cnn(CC(O)CN(Cc2cccs2)C2CC2)c1. The zero-order valence-electron chi connectivity index (χ0n) is 11.4. The summed E-state index contributed by atoms with van der Waals surface area (Å²) in [4.78, 5) is 3.73. The highest BCUT2D eigenvalue weighted by Crippen LogP contribution is 2.29. The number of nitrogens with zero attached hydrogens (tertiary/aromatic N) is 3. The smallest absolute Gasteiger partial charge is 0.0862 e. The van der Waals surface area contributed by atoms with E-state index in [2.05, 4.69) is 27.5 Å². The maximum absolute atomic E-state index is 10.2. The monoisotopic (exact) mass is 292 g/mol. The number of aromatic nitrogens is 2. The van der Waals surface area contributed by atoms with E-state index in [1.54, 1.807) is 28.4 Å². The number of nitrogens with two attached hydrogens (primary N) is 1. The number of aliphatic hydroxyl groups is 1. The van der Waals surface area contributed by atoms with Crippen molar-refractivity contribution in [3.63, 3.8) is 0 Å². The van der Waals surface area contributed by atoms with Crippen LogP contribution in [0.1, 0.15) is 17.7 Å². The molecule has 1 aliphatic rings. The van der Waals surface area contributed by atoms with E-state index in [1.165, 1.54) is 17.7 Å². The Kier molecular flexibility index (Phi) is 4.05. The molecule has 0 amide bonds. The molecule has 0 aromatic carbocycles. The molecule has 6 heteroatoms. The van der Waals surface area contributed by atoms with Gasteiger partial charge in [-0.3, -0.25) is 9.58 Å². The lowest BCUT2D eigenvalue weighted by Crippen LogP contribution is -2.35. The zero-order chi connectivity index (χ0) is 13.9. The molecule has 2 heterocycles. The van der Waals surface area contributed by atoms with Gasteiger partial charge in [-0.2, -0.15) is 5.10 Å². The van der Waals surface area contributed by atoms with E-state index < -0.39 is 6.10 Å². The summed E-state index contributed by atoms with van der Waals surface area (Å²) in [5, 5.41) is 16.5. The first-order valence-electron chi connectivity index (χ1n) is 6.93. The van der Waals surface area contributed by atoms with Gasteiger partial charge in [-0.05, 0) is 24.3 Å². The lowest BCUT2D eigenvalue weighted by molar-refractivity contribution is 0.0880. The minimum Gasteiger partial charge on any atom is -0.396 e. The van der Waals surface area contributed by atoms with Crippen molar-refractivity contribution in [2.75, 3.05) is 12.3 Å². The fourth-order valence-electron chi connectivity index (χ4n) is 2.41. The normalized spacial score (nSPS) is 16.7. The molecule has 2 aromatic heterocycles. The molecule has 0 radical (unpaired) electrons. The van der Waals surface area contributed by atoms with Gasteiger partial charge in [-0.15, -0.1) is 11.3 Å².